The second-order valence-corrected chi connectivity index (χ2v) is 7.10. The van der Waals surface area contributed by atoms with Crippen LogP contribution in [0.3, 0.4) is 0 Å². The fraction of sp³-hybridized carbons (Fsp3) is 0. The maximum Gasteiger partial charge on any atom is 0.0858 e. The zero-order chi connectivity index (χ0) is 22.2. The van der Waals surface area contributed by atoms with Crippen molar-refractivity contribution >= 4 is 46.3 Å². The minimum absolute atomic E-state index is 0.706. The number of anilines is 2. The summed E-state index contributed by atoms with van der Waals surface area (Å²) in [7, 11) is 0. The fourth-order valence-electron chi connectivity index (χ4n) is 2.81. The lowest BCUT2D eigenvalue weighted by atomic mass is 10.1. The monoisotopic (exact) mass is 418 g/mol. The second-order valence-electron chi connectivity index (χ2n) is 7.10. The Morgan fingerprint density at radius 3 is 0.906 bits per heavy atom. The van der Waals surface area contributed by atoms with Crippen molar-refractivity contribution in [3.05, 3.63) is 108 Å². The minimum atomic E-state index is 0.706. The van der Waals surface area contributed by atoms with E-state index >= 15 is 0 Å². The summed E-state index contributed by atoms with van der Waals surface area (Å²) in [4.78, 5) is 0. The van der Waals surface area contributed by atoms with E-state index in [-0.39, 0.29) is 0 Å². The Kier molecular flexibility index (Phi) is 6.43. The van der Waals surface area contributed by atoms with Gasteiger partial charge in [0, 0.05) is 11.4 Å². The summed E-state index contributed by atoms with van der Waals surface area (Å²) in [5.41, 5.74) is 18.0. The zero-order valence-electron chi connectivity index (χ0n) is 17.3. The van der Waals surface area contributed by atoms with Gasteiger partial charge in [-0.2, -0.15) is 20.5 Å². The van der Waals surface area contributed by atoms with Gasteiger partial charge in [0.1, 0.15) is 0 Å². The van der Waals surface area contributed by atoms with Crippen LogP contribution in [0.5, 0.6) is 0 Å². The van der Waals surface area contributed by atoms with E-state index in [0.29, 0.717) is 11.4 Å². The molecular formula is C26H22N6. The van der Waals surface area contributed by atoms with E-state index in [2.05, 4.69) is 20.5 Å². The van der Waals surface area contributed by atoms with Gasteiger partial charge >= 0.3 is 0 Å². The van der Waals surface area contributed by atoms with Gasteiger partial charge in [-0.15, -0.1) is 0 Å². The van der Waals surface area contributed by atoms with Crippen molar-refractivity contribution in [2.24, 2.45) is 20.5 Å². The van der Waals surface area contributed by atoms with Gasteiger partial charge in [-0.3, -0.25) is 0 Å². The number of nitrogen functional groups attached to an aromatic ring is 2. The van der Waals surface area contributed by atoms with Gasteiger partial charge in [-0.05, 0) is 83.9 Å². The molecule has 0 radical (unpaired) electrons. The molecule has 4 aromatic rings. The first-order valence-electron chi connectivity index (χ1n) is 10.1. The third-order valence-electron chi connectivity index (χ3n) is 4.60. The van der Waals surface area contributed by atoms with Gasteiger partial charge in [0.15, 0.2) is 0 Å². The summed E-state index contributed by atoms with van der Waals surface area (Å²) in [6, 6.07) is 30.3. The standard InChI is InChI=1S/C26H22N6/c27-21-7-15-25(16-8-21)31-29-23-11-3-19(4-12-23)1-2-20-5-13-24(14-6-20)30-32-26-17-9-22(28)10-18-26/h1-18H,27-28H2/b2-1+,31-29+,32-30+. The van der Waals surface area contributed by atoms with Gasteiger partial charge in [0.25, 0.3) is 0 Å². The summed E-state index contributed by atoms with van der Waals surface area (Å²) in [6.45, 7) is 0. The molecule has 6 heteroatoms. The van der Waals surface area contributed by atoms with Gasteiger partial charge in [-0.25, -0.2) is 0 Å². The van der Waals surface area contributed by atoms with Crippen molar-refractivity contribution in [3.8, 4) is 0 Å². The van der Waals surface area contributed by atoms with Crippen LogP contribution in [0, 0.1) is 0 Å². The van der Waals surface area contributed by atoms with Gasteiger partial charge in [0.2, 0.25) is 0 Å². The van der Waals surface area contributed by atoms with E-state index in [1.54, 1.807) is 24.3 Å². The lowest BCUT2D eigenvalue weighted by molar-refractivity contribution is 1.23. The molecule has 4 aromatic carbocycles. The van der Waals surface area contributed by atoms with E-state index in [4.69, 9.17) is 11.5 Å². The SMILES string of the molecule is Nc1ccc(/N=N/c2ccc(/C=C/c3ccc(/N=N/c4ccc(N)cc4)cc3)cc2)cc1. The molecule has 0 aromatic heterocycles. The van der Waals surface area contributed by atoms with Gasteiger partial charge in [0.05, 0.1) is 22.7 Å². The van der Waals surface area contributed by atoms with Gasteiger partial charge < -0.3 is 11.5 Å². The molecule has 156 valence electrons. The third kappa shape index (κ3) is 5.96. The van der Waals surface area contributed by atoms with Crippen molar-refractivity contribution in [3.63, 3.8) is 0 Å². The van der Waals surface area contributed by atoms with E-state index in [0.717, 1.165) is 33.9 Å². The van der Waals surface area contributed by atoms with Crippen molar-refractivity contribution in [2.45, 2.75) is 0 Å². The largest absolute Gasteiger partial charge is 0.399 e. The number of rotatable bonds is 6. The van der Waals surface area contributed by atoms with Crippen LogP contribution >= 0.6 is 0 Å². The molecule has 0 amide bonds. The molecule has 32 heavy (non-hydrogen) atoms. The van der Waals surface area contributed by atoms with Crippen LogP contribution in [0.1, 0.15) is 11.1 Å². The van der Waals surface area contributed by atoms with Crippen LogP contribution < -0.4 is 11.5 Å². The highest BCUT2D eigenvalue weighted by Crippen LogP contribution is 2.22. The van der Waals surface area contributed by atoms with E-state index in [1.165, 1.54) is 0 Å². The molecule has 6 nitrogen and oxygen atoms in total. The Hall–Kier alpha value is -4.58. The Balaban J connectivity index is 1.35. The molecule has 0 aliphatic rings. The molecular weight excluding hydrogens is 396 g/mol. The predicted molar refractivity (Wildman–Crippen MR) is 132 cm³/mol. The summed E-state index contributed by atoms with van der Waals surface area (Å²) in [6.07, 6.45) is 4.09. The Bertz CT molecular complexity index is 1140. The molecule has 0 bridgehead atoms. The van der Waals surface area contributed by atoms with Crippen LogP contribution in [-0.2, 0) is 0 Å². The highest BCUT2D eigenvalue weighted by atomic mass is 15.1. The van der Waals surface area contributed by atoms with Crippen molar-refractivity contribution in [1.29, 1.82) is 0 Å². The Morgan fingerprint density at radius 1 is 0.375 bits per heavy atom. The fourth-order valence-corrected chi connectivity index (χ4v) is 2.81. The van der Waals surface area contributed by atoms with Crippen LogP contribution in [0.4, 0.5) is 34.1 Å². The summed E-state index contributed by atoms with van der Waals surface area (Å²) in [5.74, 6) is 0. The van der Waals surface area contributed by atoms with E-state index in [9.17, 15) is 0 Å². The predicted octanol–water partition coefficient (Wildman–Crippen LogP) is 7.85. The number of hydrogen-bond donors (Lipinski definition) is 2. The molecule has 4 rings (SSSR count). The van der Waals surface area contributed by atoms with Crippen LogP contribution in [0.15, 0.2) is 118 Å². The Morgan fingerprint density at radius 2 is 0.625 bits per heavy atom. The summed E-state index contributed by atoms with van der Waals surface area (Å²) in [5, 5.41) is 16.9. The maximum absolute atomic E-state index is 5.68. The Labute approximate surface area is 186 Å². The number of nitrogens with zero attached hydrogens (tertiary/aromatic N) is 4. The number of azo groups is 2. The van der Waals surface area contributed by atoms with E-state index < -0.39 is 0 Å². The van der Waals surface area contributed by atoms with E-state index in [1.807, 2.05) is 84.9 Å². The topological polar surface area (TPSA) is 101 Å². The molecule has 0 heterocycles. The molecule has 0 atom stereocenters. The van der Waals surface area contributed by atoms with Crippen molar-refractivity contribution in [1.82, 2.24) is 0 Å². The first kappa shape index (κ1) is 20.7. The van der Waals surface area contributed by atoms with Gasteiger partial charge in [-0.1, -0.05) is 36.4 Å². The molecule has 0 fully saturated rings. The smallest absolute Gasteiger partial charge is 0.0858 e. The molecule has 0 aliphatic carbocycles. The summed E-state index contributed by atoms with van der Waals surface area (Å²) >= 11 is 0. The minimum Gasteiger partial charge on any atom is -0.399 e. The number of hydrogen-bond acceptors (Lipinski definition) is 6. The highest BCUT2D eigenvalue weighted by Gasteiger charge is 1.95. The van der Waals surface area contributed by atoms with Crippen LogP contribution in [-0.4, -0.2) is 0 Å². The molecule has 0 saturated heterocycles. The average Bonchev–Trinajstić information content (AvgIpc) is 2.83. The third-order valence-corrected chi connectivity index (χ3v) is 4.60. The van der Waals surface area contributed by atoms with Crippen LogP contribution in [0.2, 0.25) is 0 Å². The summed E-state index contributed by atoms with van der Waals surface area (Å²) < 4.78 is 0. The lowest BCUT2D eigenvalue weighted by Gasteiger charge is -1.98. The number of benzene rings is 4. The number of nitrogens with two attached hydrogens (primary N) is 2. The molecule has 0 saturated carbocycles. The molecule has 0 aliphatic heterocycles. The molecule has 0 spiro atoms. The van der Waals surface area contributed by atoms with Crippen molar-refractivity contribution < 1.29 is 0 Å². The average molecular weight is 419 g/mol. The molecule has 0 unspecified atom stereocenters. The first-order valence-corrected chi connectivity index (χ1v) is 10.1. The lowest BCUT2D eigenvalue weighted by Crippen LogP contribution is -1.80. The van der Waals surface area contributed by atoms with Crippen LogP contribution in [0.25, 0.3) is 12.2 Å². The quantitative estimate of drug-likeness (QED) is 0.189. The normalized spacial score (nSPS) is 11.6. The van der Waals surface area contributed by atoms with Crippen molar-refractivity contribution in [2.75, 3.05) is 11.5 Å². The molecule has 4 N–H and O–H groups in total. The first-order chi connectivity index (χ1) is 15.6. The maximum atomic E-state index is 5.68. The zero-order valence-corrected chi connectivity index (χ0v) is 17.3. The second kappa shape index (κ2) is 9.95. The highest BCUT2D eigenvalue weighted by molar-refractivity contribution is 5.70.